The average molecular weight is 269 g/mol. The van der Waals surface area contributed by atoms with Gasteiger partial charge < -0.3 is 10.1 Å². The van der Waals surface area contributed by atoms with Crippen LogP contribution >= 0.6 is 0 Å². The maximum atomic E-state index is 12.4. The van der Waals surface area contributed by atoms with Crippen LogP contribution in [0.15, 0.2) is 30.3 Å². The number of cyclic esters (lactones) is 1. The van der Waals surface area contributed by atoms with Gasteiger partial charge in [-0.1, -0.05) is 18.2 Å². The summed E-state index contributed by atoms with van der Waals surface area (Å²) in [7, 11) is 0. The van der Waals surface area contributed by atoms with E-state index in [-0.39, 0.29) is 12.8 Å². The monoisotopic (exact) mass is 269 g/mol. The number of nitrogens with one attached hydrogen (secondary N) is 1. The van der Waals surface area contributed by atoms with Crippen LogP contribution in [0, 0.1) is 0 Å². The Balaban J connectivity index is 1.94. The molecule has 0 aliphatic carbocycles. The predicted octanol–water partition coefficient (Wildman–Crippen LogP) is 1.76. The molecule has 1 N–H and O–H groups in total. The Morgan fingerprint density at radius 2 is 1.95 bits per heavy atom. The number of hydrogen-bond acceptors (Lipinski definition) is 3. The van der Waals surface area contributed by atoms with Crippen molar-refractivity contribution >= 4 is 11.9 Å². The van der Waals surface area contributed by atoms with Crippen molar-refractivity contribution in [2.75, 3.05) is 0 Å². The fourth-order valence-corrected chi connectivity index (χ4v) is 1.88. The molecular weight excluding hydrogens is 256 g/mol. The van der Waals surface area contributed by atoms with Crippen molar-refractivity contribution in [2.45, 2.75) is 31.4 Å². The Labute approximate surface area is 108 Å². The first kappa shape index (κ1) is 13.5. The zero-order valence-corrected chi connectivity index (χ0v) is 10.0. The fraction of sp³-hybridized carbons (Fsp3) is 0.385. The number of carbonyl (C=O) groups is 2. The molecule has 1 aliphatic rings. The van der Waals surface area contributed by atoms with Crippen molar-refractivity contribution in [3.8, 4) is 0 Å². The summed E-state index contributed by atoms with van der Waals surface area (Å²) in [4.78, 5) is 23.3. The zero-order valence-electron chi connectivity index (χ0n) is 10.0. The van der Waals surface area contributed by atoms with E-state index in [9.17, 15) is 18.4 Å². The van der Waals surface area contributed by atoms with Crippen LogP contribution < -0.4 is 5.32 Å². The number of ether oxygens (including phenoxy) is 1. The minimum absolute atomic E-state index is 0.0448. The van der Waals surface area contributed by atoms with Gasteiger partial charge in [-0.15, -0.1) is 0 Å². The smallest absolute Gasteiger partial charge is 0.329 e. The largest absolute Gasteiger partial charge is 0.455 e. The minimum Gasteiger partial charge on any atom is -0.455 e. The highest BCUT2D eigenvalue weighted by atomic mass is 19.3. The molecule has 0 unspecified atom stereocenters. The first-order valence-electron chi connectivity index (χ1n) is 5.92. The van der Waals surface area contributed by atoms with Crippen molar-refractivity contribution in [1.29, 1.82) is 0 Å². The number of alkyl halides is 2. The van der Waals surface area contributed by atoms with Gasteiger partial charge in [0.05, 0.1) is 0 Å². The second-order valence-electron chi connectivity index (χ2n) is 4.28. The van der Waals surface area contributed by atoms with E-state index in [1.165, 1.54) is 0 Å². The van der Waals surface area contributed by atoms with E-state index in [2.05, 4.69) is 10.1 Å². The second kappa shape index (κ2) is 5.77. The molecule has 1 aromatic rings. The van der Waals surface area contributed by atoms with E-state index in [4.69, 9.17) is 0 Å². The Morgan fingerprint density at radius 1 is 1.26 bits per heavy atom. The highest BCUT2D eigenvalue weighted by Crippen LogP contribution is 2.20. The Morgan fingerprint density at radius 3 is 2.53 bits per heavy atom. The number of rotatable bonds is 3. The van der Waals surface area contributed by atoms with Crippen LogP contribution in [0.3, 0.4) is 0 Å². The summed E-state index contributed by atoms with van der Waals surface area (Å²) in [5.41, 5.74) is 0.409. The van der Waals surface area contributed by atoms with Gasteiger partial charge in [0, 0.05) is 5.56 Å². The van der Waals surface area contributed by atoms with Crippen LogP contribution in [0.25, 0.3) is 0 Å². The SMILES string of the molecule is O=C(N[C@@H]1CC[C@H](C(F)F)OC1=O)c1ccccc1. The predicted molar refractivity (Wildman–Crippen MR) is 62.8 cm³/mol. The molecule has 1 aromatic carbocycles. The van der Waals surface area contributed by atoms with E-state index in [0.717, 1.165) is 0 Å². The van der Waals surface area contributed by atoms with Crippen LogP contribution in [-0.4, -0.2) is 30.4 Å². The third-order valence-corrected chi connectivity index (χ3v) is 2.91. The molecule has 0 spiro atoms. The normalized spacial score (nSPS) is 23.0. The first-order valence-corrected chi connectivity index (χ1v) is 5.92. The number of benzene rings is 1. The summed E-state index contributed by atoms with van der Waals surface area (Å²) in [6.07, 6.45) is -3.85. The molecule has 1 fully saturated rings. The highest BCUT2D eigenvalue weighted by molar-refractivity contribution is 5.96. The van der Waals surface area contributed by atoms with E-state index in [0.29, 0.717) is 5.56 Å². The van der Waals surface area contributed by atoms with Gasteiger partial charge in [-0.3, -0.25) is 4.79 Å². The number of halogens is 2. The quantitative estimate of drug-likeness (QED) is 0.851. The molecule has 1 aliphatic heterocycles. The minimum atomic E-state index is -2.69. The molecule has 102 valence electrons. The second-order valence-corrected chi connectivity index (χ2v) is 4.28. The molecule has 0 saturated carbocycles. The molecule has 1 amide bonds. The lowest BCUT2D eigenvalue weighted by molar-refractivity contribution is -0.166. The molecular formula is C13H13F2NO3. The van der Waals surface area contributed by atoms with Crippen molar-refractivity contribution in [1.82, 2.24) is 5.32 Å². The zero-order chi connectivity index (χ0) is 13.8. The van der Waals surface area contributed by atoms with Crippen LogP contribution in [0.5, 0.6) is 0 Å². The average Bonchev–Trinajstić information content (AvgIpc) is 2.41. The van der Waals surface area contributed by atoms with Crippen LogP contribution in [0.2, 0.25) is 0 Å². The fourth-order valence-electron chi connectivity index (χ4n) is 1.88. The summed E-state index contributed by atoms with van der Waals surface area (Å²) < 4.78 is 29.4. The molecule has 6 heteroatoms. The van der Waals surface area contributed by atoms with Crippen molar-refractivity contribution in [2.24, 2.45) is 0 Å². The Bertz CT molecular complexity index is 464. The van der Waals surface area contributed by atoms with Crippen molar-refractivity contribution in [3.05, 3.63) is 35.9 Å². The molecule has 1 saturated heterocycles. The van der Waals surface area contributed by atoms with Gasteiger partial charge in [0.2, 0.25) is 0 Å². The van der Waals surface area contributed by atoms with Crippen LogP contribution in [-0.2, 0) is 9.53 Å². The van der Waals surface area contributed by atoms with E-state index in [1.54, 1.807) is 30.3 Å². The topological polar surface area (TPSA) is 55.4 Å². The van der Waals surface area contributed by atoms with Gasteiger partial charge in [0.1, 0.15) is 6.04 Å². The van der Waals surface area contributed by atoms with Crippen LogP contribution in [0.4, 0.5) is 8.78 Å². The summed E-state index contributed by atoms with van der Waals surface area (Å²) >= 11 is 0. The maximum absolute atomic E-state index is 12.4. The van der Waals surface area contributed by atoms with Gasteiger partial charge in [-0.2, -0.15) is 0 Å². The van der Waals surface area contributed by atoms with Gasteiger partial charge in [0.25, 0.3) is 12.3 Å². The van der Waals surface area contributed by atoms with E-state index >= 15 is 0 Å². The van der Waals surface area contributed by atoms with Gasteiger partial charge in [-0.05, 0) is 25.0 Å². The lowest BCUT2D eigenvalue weighted by Gasteiger charge is -2.27. The van der Waals surface area contributed by atoms with Crippen LogP contribution in [0.1, 0.15) is 23.2 Å². The van der Waals surface area contributed by atoms with E-state index < -0.39 is 30.4 Å². The Kier molecular flexibility index (Phi) is 4.09. The molecule has 1 heterocycles. The number of esters is 1. The standard InChI is InChI=1S/C13H13F2NO3/c14-11(15)10-7-6-9(13(18)19-10)16-12(17)8-4-2-1-3-5-8/h1-5,9-11H,6-7H2,(H,16,17)/t9-,10-/m1/s1. The molecule has 2 rings (SSSR count). The van der Waals surface area contributed by atoms with E-state index in [1.807, 2.05) is 0 Å². The summed E-state index contributed by atoms with van der Waals surface area (Å²) in [6.45, 7) is 0. The molecule has 0 aromatic heterocycles. The summed E-state index contributed by atoms with van der Waals surface area (Å²) in [5.74, 6) is -1.22. The molecule has 19 heavy (non-hydrogen) atoms. The maximum Gasteiger partial charge on any atom is 0.329 e. The third kappa shape index (κ3) is 3.27. The third-order valence-electron chi connectivity index (χ3n) is 2.91. The number of hydrogen-bond donors (Lipinski definition) is 1. The summed E-state index contributed by atoms with van der Waals surface area (Å²) in [5, 5.41) is 2.49. The van der Waals surface area contributed by atoms with Gasteiger partial charge >= 0.3 is 5.97 Å². The first-order chi connectivity index (χ1) is 9.08. The molecule has 4 nitrogen and oxygen atoms in total. The molecule has 2 atom stereocenters. The molecule has 0 radical (unpaired) electrons. The number of amides is 1. The summed E-state index contributed by atoms with van der Waals surface area (Å²) in [6, 6.07) is 7.50. The van der Waals surface area contributed by atoms with Gasteiger partial charge in [0.15, 0.2) is 6.10 Å². The highest BCUT2D eigenvalue weighted by Gasteiger charge is 2.35. The molecule has 0 bridgehead atoms. The lowest BCUT2D eigenvalue weighted by Crippen LogP contribution is -2.48. The Hall–Kier alpha value is -1.98. The van der Waals surface area contributed by atoms with Crippen molar-refractivity contribution in [3.63, 3.8) is 0 Å². The lowest BCUT2D eigenvalue weighted by atomic mass is 10.0. The van der Waals surface area contributed by atoms with Crippen molar-refractivity contribution < 1.29 is 23.1 Å². The van der Waals surface area contributed by atoms with Gasteiger partial charge in [-0.25, -0.2) is 13.6 Å². The number of carbonyl (C=O) groups excluding carboxylic acids is 2.